The summed E-state index contributed by atoms with van der Waals surface area (Å²) >= 11 is 1.47. The predicted molar refractivity (Wildman–Crippen MR) is 115 cm³/mol. The number of benzene rings is 2. The third-order valence-corrected chi connectivity index (χ3v) is 6.06. The van der Waals surface area contributed by atoms with Gasteiger partial charge in [-0.05, 0) is 43.5 Å². The Labute approximate surface area is 178 Å². The molecule has 2 heterocycles. The lowest BCUT2D eigenvalue weighted by molar-refractivity contribution is -0.137. The number of nitrogens with zero attached hydrogens (tertiary/aromatic N) is 2. The lowest BCUT2D eigenvalue weighted by atomic mass is 10.00. The molecule has 7 heteroatoms. The summed E-state index contributed by atoms with van der Waals surface area (Å²) in [6.07, 6.45) is 2.86. The molecule has 1 aliphatic rings. The number of aromatic carboxylic acids is 1. The molecule has 1 atom stereocenters. The molecule has 0 saturated carbocycles. The Morgan fingerprint density at radius 3 is 2.77 bits per heavy atom. The first-order valence-corrected chi connectivity index (χ1v) is 10.8. The lowest BCUT2D eigenvalue weighted by Gasteiger charge is -2.34. The van der Waals surface area contributed by atoms with Gasteiger partial charge in [-0.25, -0.2) is 9.78 Å². The molecule has 1 aliphatic heterocycles. The quantitative estimate of drug-likeness (QED) is 0.626. The number of carbonyl (C=O) groups is 2. The van der Waals surface area contributed by atoms with Crippen LogP contribution in [0, 0.1) is 0 Å². The van der Waals surface area contributed by atoms with Gasteiger partial charge in [0.25, 0.3) is 5.91 Å². The summed E-state index contributed by atoms with van der Waals surface area (Å²) in [4.78, 5) is 30.7. The molecule has 3 aromatic rings. The van der Waals surface area contributed by atoms with Crippen molar-refractivity contribution < 1.29 is 19.4 Å². The van der Waals surface area contributed by atoms with Crippen molar-refractivity contribution >= 4 is 23.2 Å². The van der Waals surface area contributed by atoms with Gasteiger partial charge < -0.3 is 14.7 Å². The van der Waals surface area contributed by atoms with Gasteiger partial charge in [0.2, 0.25) is 0 Å². The normalized spacial score (nSPS) is 16.3. The van der Waals surface area contributed by atoms with Crippen molar-refractivity contribution in [3.8, 4) is 16.3 Å². The van der Waals surface area contributed by atoms with E-state index in [1.165, 1.54) is 11.3 Å². The molecule has 30 heavy (non-hydrogen) atoms. The van der Waals surface area contributed by atoms with Gasteiger partial charge in [0, 0.05) is 17.5 Å². The number of piperidine rings is 1. The van der Waals surface area contributed by atoms with Crippen molar-refractivity contribution in [3.05, 3.63) is 71.2 Å². The SMILES string of the molecule is O=C(O)c1cccc(-c2nc(C3CCCCN3C(=O)COc3ccccc3)cs2)c1. The number of rotatable bonds is 6. The first-order chi connectivity index (χ1) is 14.6. The van der Waals surface area contributed by atoms with Gasteiger partial charge >= 0.3 is 5.97 Å². The fourth-order valence-corrected chi connectivity index (χ4v) is 4.50. The van der Waals surface area contributed by atoms with E-state index in [2.05, 4.69) is 0 Å². The fraction of sp³-hybridized carbons (Fsp3) is 0.261. The molecule has 1 unspecified atom stereocenters. The second-order valence-electron chi connectivity index (χ2n) is 7.16. The molecule has 1 amide bonds. The lowest BCUT2D eigenvalue weighted by Crippen LogP contribution is -2.41. The molecule has 0 bridgehead atoms. The van der Waals surface area contributed by atoms with E-state index in [4.69, 9.17) is 9.72 Å². The van der Waals surface area contributed by atoms with Crippen molar-refractivity contribution in [3.63, 3.8) is 0 Å². The number of aromatic nitrogens is 1. The minimum absolute atomic E-state index is 0.00182. The van der Waals surface area contributed by atoms with Crippen LogP contribution in [0.4, 0.5) is 0 Å². The topological polar surface area (TPSA) is 79.7 Å². The van der Waals surface area contributed by atoms with Gasteiger partial charge in [-0.3, -0.25) is 4.79 Å². The zero-order chi connectivity index (χ0) is 20.9. The molecule has 0 radical (unpaired) electrons. The van der Waals surface area contributed by atoms with Crippen molar-refractivity contribution in [2.45, 2.75) is 25.3 Å². The highest BCUT2D eigenvalue weighted by Gasteiger charge is 2.30. The van der Waals surface area contributed by atoms with Gasteiger partial charge in [0.1, 0.15) is 10.8 Å². The predicted octanol–water partition coefficient (Wildman–Crippen LogP) is 4.64. The van der Waals surface area contributed by atoms with Crippen LogP contribution >= 0.6 is 11.3 Å². The highest BCUT2D eigenvalue weighted by atomic mass is 32.1. The minimum Gasteiger partial charge on any atom is -0.484 e. The van der Waals surface area contributed by atoms with E-state index in [1.807, 2.05) is 46.7 Å². The second kappa shape index (κ2) is 9.09. The van der Waals surface area contributed by atoms with Crippen molar-refractivity contribution in [2.24, 2.45) is 0 Å². The highest BCUT2D eigenvalue weighted by Crippen LogP contribution is 2.34. The average molecular weight is 423 g/mol. The molecular formula is C23H22N2O4S. The van der Waals surface area contributed by atoms with E-state index < -0.39 is 5.97 Å². The van der Waals surface area contributed by atoms with Crippen molar-refractivity contribution in [2.75, 3.05) is 13.2 Å². The highest BCUT2D eigenvalue weighted by molar-refractivity contribution is 7.13. The summed E-state index contributed by atoms with van der Waals surface area (Å²) in [5, 5.41) is 11.9. The second-order valence-corrected chi connectivity index (χ2v) is 8.02. The fourth-order valence-electron chi connectivity index (χ4n) is 3.64. The van der Waals surface area contributed by atoms with E-state index in [0.29, 0.717) is 12.3 Å². The summed E-state index contributed by atoms with van der Waals surface area (Å²) in [6, 6.07) is 16.0. The van der Waals surface area contributed by atoms with Gasteiger partial charge in [0.15, 0.2) is 6.61 Å². The number of carbonyl (C=O) groups excluding carboxylic acids is 1. The molecular weight excluding hydrogens is 400 g/mol. The Bertz CT molecular complexity index is 1030. The smallest absolute Gasteiger partial charge is 0.335 e. The van der Waals surface area contributed by atoms with Gasteiger partial charge in [-0.1, -0.05) is 30.3 Å². The molecule has 1 N–H and O–H groups in total. The number of hydrogen-bond donors (Lipinski definition) is 1. The first kappa shape index (κ1) is 20.1. The number of para-hydroxylation sites is 1. The molecule has 154 valence electrons. The molecule has 1 saturated heterocycles. The van der Waals surface area contributed by atoms with Crippen LogP contribution in [0.25, 0.3) is 10.6 Å². The Balaban J connectivity index is 1.50. The molecule has 2 aromatic carbocycles. The maximum atomic E-state index is 12.9. The Morgan fingerprint density at radius 1 is 1.13 bits per heavy atom. The van der Waals surface area contributed by atoms with Crippen LogP contribution in [0.2, 0.25) is 0 Å². The van der Waals surface area contributed by atoms with E-state index >= 15 is 0 Å². The molecule has 0 spiro atoms. The number of likely N-dealkylation sites (tertiary alicyclic amines) is 1. The molecule has 6 nitrogen and oxygen atoms in total. The Hall–Kier alpha value is -3.19. The molecule has 1 aromatic heterocycles. The summed E-state index contributed by atoms with van der Waals surface area (Å²) < 4.78 is 5.65. The maximum absolute atomic E-state index is 12.9. The van der Waals surface area contributed by atoms with Crippen LogP contribution in [-0.2, 0) is 4.79 Å². The zero-order valence-electron chi connectivity index (χ0n) is 16.4. The summed E-state index contributed by atoms with van der Waals surface area (Å²) in [5.41, 5.74) is 1.85. The number of thiazole rings is 1. The molecule has 1 fully saturated rings. The largest absolute Gasteiger partial charge is 0.484 e. The third-order valence-electron chi connectivity index (χ3n) is 5.15. The number of hydrogen-bond acceptors (Lipinski definition) is 5. The number of carboxylic acid groups (broad SMARTS) is 1. The van der Waals surface area contributed by atoms with Crippen LogP contribution in [-0.4, -0.2) is 40.0 Å². The van der Waals surface area contributed by atoms with Gasteiger partial charge in [-0.15, -0.1) is 11.3 Å². The summed E-state index contributed by atoms with van der Waals surface area (Å²) in [5.74, 6) is -0.337. The number of ether oxygens (including phenoxy) is 1. The van der Waals surface area contributed by atoms with Crippen molar-refractivity contribution in [1.82, 2.24) is 9.88 Å². The maximum Gasteiger partial charge on any atom is 0.335 e. The van der Waals surface area contributed by atoms with Gasteiger partial charge in [0.05, 0.1) is 17.3 Å². The zero-order valence-corrected chi connectivity index (χ0v) is 17.2. The molecule has 0 aliphatic carbocycles. The van der Waals surface area contributed by atoms with Crippen LogP contribution in [0.5, 0.6) is 5.75 Å². The summed E-state index contributed by atoms with van der Waals surface area (Å²) in [7, 11) is 0. The minimum atomic E-state index is -0.962. The van der Waals surface area contributed by atoms with Crippen LogP contribution < -0.4 is 4.74 Å². The first-order valence-electron chi connectivity index (χ1n) is 9.88. The van der Waals surface area contributed by atoms with E-state index in [1.54, 1.807) is 18.2 Å². The summed E-state index contributed by atoms with van der Waals surface area (Å²) in [6.45, 7) is 0.682. The third kappa shape index (κ3) is 4.52. The standard InChI is InChI=1S/C23H22N2O4S/c26-21(14-29-18-9-2-1-3-10-18)25-12-5-4-11-20(25)19-15-30-22(24-19)16-7-6-8-17(13-16)23(27)28/h1-3,6-10,13,15,20H,4-5,11-12,14H2,(H,27,28). The van der Waals surface area contributed by atoms with Crippen LogP contribution in [0.1, 0.15) is 41.4 Å². The van der Waals surface area contributed by atoms with Crippen molar-refractivity contribution in [1.29, 1.82) is 0 Å². The van der Waals surface area contributed by atoms with E-state index in [0.717, 1.165) is 35.5 Å². The molecule has 4 rings (SSSR count). The average Bonchev–Trinajstić information content (AvgIpc) is 3.28. The van der Waals surface area contributed by atoms with E-state index in [-0.39, 0.29) is 24.1 Å². The number of carboxylic acids is 1. The van der Waals surface area contributed by atoms with Crippen LogP contribution in [0.3, 0.4) is 0 Å². The van der Waals surface area contributed by atoms with Crippen LogP contribution in [0.15, 0.2) is 60.0 Å². The monoisotopic (exact) mass is 422 g/mol. The van der Waals surface area contributed by atoms with E-state index in [9.17, 15) is 14.7 Å². The van der Waals surface area contributed by atoms with Gasteiger partial charge in [-0.2, -0.15) is 0 Å². The number of amides is 1. The Morgan fingerprint density at radius 2 is 1.97 bits per heavy atom. The Kier molecular flexibility index (Phi) is 6.09.